The highest BCUT2D eigenvalue weighted by Crippen LogP contribution is 2.36. The van der Waals surface area contributed by atoms with Gasteiger partial charge in [0, 0.05) is 21.0 Å². The molecule has 5 rings (SSSR count). The number of carbonyl (C=O) groups is 2. The monoisotopic (exact) mass is 566 g/mol. The molecule has 0 amide bonds. The van der Waals surface area contributed by atoms with E-state index in [1.807, 2.05) is 61.5 Å². The molecule has 0 radical (unpaired) electrons. The fourth-order valence-electron chi connectivity index (χ4n) is 4.05. The lowest BCUT2D eigenvalue weighted by Crippen LogP contribution is -2.09. The van der Waals surface area contributed by atoms with Gasteiger partial charge in [-0.2, -0.15) is 0 Å². The first-order valence-corrected chi connectivity index (χ1v) is 12.9. The fourth-order valence-corrected chi connectivity index (χ4v) is 4.32. The van der Waals surface area contributed by atoms with Crippen LogP contribution in [-0.2, 0) is 0 Å². The second-order valence-electron chi connectivity index (χ2n) is 8.43. The highest BCUT2D eigenvalue weighted by Gasteiger charge is 2.24. The first-order valence-electron chi connectivity index (χ1n) is 12.1. The van der Waals surface area contributed by atoms with Gasteiger partial charge < -0.3 is 13.9 Å². The van der Waals surface area contributed by atoms with Crippen LogP contribution in [0, 0.1) is 0 Å². The Bertz CT molecular complexity index is 1630. The standard InChI is InChI=1S/C32H23BrO5/c1-2-36-25-16-18-29-27(20-25)30(31(38-29)23-8-4-3-5-9-23)32(35)37-26-10-6-7-21(19-26)11-17-28(34)22-12-14-24(33)15-13-22/h3-20H,2H2,1H3/b17-11+. The zero-order valence-electron chi connectivity index (χ0n) is 20.5. The van der Waals surface area contributed by atoms with Crippen molar-refractivity contribution in [1.29, 1.82) is 0 Å². The Hall–Kier alpha value is -4.42. The summed E-state index contributed by atoms with van der Waals surface area (Å²) in [5, 5.41) is 0.607. The van der Waals surface area contributed by atoms with Crippen molar-refractivity contribution in [2.45, 2.75) is 6.92 Å². The summed E-state index contributed by atoms with van der Waals surface area (Å²) in [6, 6.07) is 29.0. The maximum Gasteiger partial charge on any atom is 0.348 e. The minimum absolute atomic E-state index is 0.123. The van der Waals surface area contributed by atoms with Crippen LogP contribution in [-0.4, -0.2) is 18.4 Å². The van der Waals surface area contributed by atoms with Crippen molar-refractivity contribution in [3.05, 3.63) is 124 Å². The maximum atomic E-state index is 13.5. The molecular weight excluding hydrogens is 544 g/mol. The van der Waals surface area contributed by atoms with Crippen LogP contribution in [0.3, 0.4) is 0 Å². The lowest BCUT2D eigenvalue weighted by Gasteiger charge is -2.07. The predicted molar refractivity (Wildman–Crippen MR) is 152 cm³/mol. The Labute approximate surface area is 228 Å². The Balaban J connectivity index is 1.44. The van der Waals surface area contributed by atoms with Crippen LogP contribution < -0.4 is 9.47 Å². The Morgan fingerprint density at radius 3 is 2.42 bits per heavy atom. The van der Waals surface area contributed by atoms with Gasteiger partial charge in [0.1, 0.15) is 28.4 Å². The molecule has 1 aromatic heterocycles. The van der Waals surface area contributed by atoms with E-state index in [4.69, 9.17) is 13.9 Å². The topological polar surface area (TPSA) is 65.7 Å². The van der Waals surface area contributed by atoms with E-state index in [0.29, 0.717) is 46.0 Å². The van der Waals surface area contributed by atoms with E-state index < -0.39 is 5.97 Å². The molecule has 0 bridgehead atoms. The summed E-state index contributed by atoms with van der Waals surface area (Å²) in [5.74, 6) is 0.737. The molecule has 0 aliphatic heterocycles. The number of benzene rings is 4. The van der Waals surface area contributed by atoms with E-state index >= 15 is 0 Å². The van der Waals surface area contributed by atoms with Crippen LogP contribution in [0.15, 0.2) is 112 Å². The van der Waals surface area contributed by atoms with Crippen LogP contribution in [0.5, 0.6) is 11.5 Å². The number of hydrogen-bond donors (Lipinski definition) is 0. The van der Waals surface area contributed by atoms with E-state index in [1.165, 1.54) is 6.08 Å². The minimum atomic E-state index is -0.552. The zero-order chi connectivity index (χ0) is 26.5. The summed E-state index contributed by atoms with van der Waals surface area (Å²) in [4.78, 5) is 26.1. The van der Waals surface area contributed by atoms with Crippen LogP contribution >= 0.6 is 15.9 Å². The molecule has 5 aromatic rings. The summed E-state index contributed by atoms with van der Waals surface area (Å²) in [5.41, 5.74) is 2.94. The van der Waals surface area contributed by atoms with Crippen LogP contribution in [0.25, 0.3) is 28.4 Å². The largest absolute Gasteiger partial charge is 0.494 e. The molecule has 1 heterocycles. The quantitative estimate of drug-likeness (QED) is 0.0816. The van der Waals surface area contributed by atoms with Gasteiger partial charge in [-0.15, -0.1) is 0 Å². The van der Waals surface area contributed by atoms with Gasteiger partial charge in [-0.3, -0.25) is 4.79 Å². The SMILES string of the molecule is CCOc1ccc2oc(-c3ccccc3)c(C(=O)Oc3cccc(/C=C/C(=O)c4ccc(Br)cc4)c3)c2c1. The number of halogens is 1. The van der Waals surface area contributed by atoms with Crippen molar-refractivity contribution in [2.75, 3.05) is 6.61 Å². The van der Waals surface area contributed by atoms with Gasteiger partial charge in [-0.25, -0.2) is 4.79 Å². The predicted octanol–water partition coefficient (Wildman–Crippen LogP) is 8.38. The van der Waals surface area contributed by atoms with Crippen molar-refractivity contribution in [3.63, 3.8) is 0 Å². The third-order valence-corrected chi connectivity index (χ3v) is 6.36. The third-order valence-electron chi connectivity index (χ3n) is 5.84. The first-order chi connectivity index (χ1) is 18.5. The molecule has 0 fully saturated rings. The van der Waals surface area contributed by atoms with E-state index in [1.54, 1.807) is 48.5 Å². The van der Waals surface area contributed by atoms with Crippen molar-refractivity contribution >= 4 is 44.7 Å². The van der Waals surface area contributed by atoms with Gasteiger partial charge in [0.15, 0.2) is 5.78 Å². The van der Waals surface area contributed by atoms with Gasteiger partial charge in [-0.1, -0.05) is 64.5 Å². The van der Waals surface area contributed by atoms with Crippen molar-refractivity contribution in [1.82, 2.24) is 0 Å². The number of ether oxygens (including phenoxy) is 2. The second kappa shape index (κ2) is 11.3. The Kier molecular flexibility index (Phi) is 7.52. The van der Waals surface area contributed by atoms with Crippen molar-refractivity contribution in [3.8, 4) is 22.8 Å². The highest BCUT2D eigenvalue weighted by atomic mass is 79.9. The van der Waals surface area contributed by atoms with Gasteiger partial charge in [0.05, 0.1) is 6.61 Å². The molecule has 0 N–H and O–H groups in total. The number of esters is 1. The average molecular weight is 567 g/mol. The van der Waals surface area contributed by atoms with Gasteiger partial charge in [-0.05, 0) is 73.2 Å². The second-order valence-corrected chi connectivity index (χ2v) is 9.35. The number of fused-ring (bicyclic) bond motifs is 1. The molecule has 0 saturated heterocycles. The molecule has 6 heteroatoms. The molecule has 188 valence electrons. The molecule has 0 spiro atoms. The van der Waals surface area contributed by atoms with E-state index in [0.717, 1.165) is 15.6 Å². The van der Waals surface area contributed by atoms with Crippen LogP contribution in [0.2, 0.25) is 0 Å². The van der Waals surface area contributed by atoms with Crippen molar-refractivity contribution in [2.24, 2.45) is 0 Å². The number of furan rings is 1. The summed E-state index contributed by atoms with van der Waals surface area (Å²) < 4.78 is 18.5. The lowest BCUT2D eigenvalue weighted by atomic mass is 10.1. The van der Waals surface area contributed by atoms with Gasteiger partial charge >= 0.3 is 5.97 Å². The zero-order valence-corrected chi connectivity index (χ0v) is 22.1. The van der Waals surface area contributed by atoms with Crippen LogP contribution in [0.1, 0.15) is 33.2 Å². The number of hydrogen-bond acceptors (Lipinski definition) is 5. The molecule has 5 nitrogen and oxygen atoms in total. The Morgan fingerprint density at radius 1 is 0.868 bits per heavy atom. The van der Waals surface area contributed by atoms with E-state index in [-0.39, 0.29) is 5.78 Å². The molecule has 0 saturated carbocycles. The third kappa shape index (κ3) is 5.61. The molecule has 4 aromatic carbocycles. The minimum Gasteiger partial charge on any atom is -0.494 e. The number of allylic oxidation sites excluding steroid dienone is 1. The van der Waals surface area contributed by atoms with Crippen LogP contribution in [0.4, 0.5) is 0 Å². The lowest BCUT2D eigenvalue weighted by molar-refractivity contribution is 0.0736. The van der Waals surface area contributed by atoms with Gasteiger partial charge in [0.2, 0.25) is 0 Å². The normalized spacial score (nSPS) is 11.1. The van der Waals surface area contributed by atoms with Gasteiger partial charge in [0.25, 0.3) is 0 Å². The molecule has 0 unspecified atom stereocenters. The first kappa shape index (κ1) is 25.2. The Morgan fingerprint density at radius 2 is 1.66 bits per heavy atom. The molecule has 0 atom stereocenters. The van der Waals surface area contributed by atoms with Crippen molar-refractivity contribution < 1.29 is 23.5 Å². The number of rotatable bonds is 8. The smallest absolute Gasteiger partial charge is 0.348 e. The summed E-state index contributed by atoms with van der Waals surface area (Å²) in [6.07, 6.45) is 3.19. The van der Waals surface area contributed by atoms with E-state index in [2.05, 4.69) is 15.9 Å². The molecule has 0 aliphatic rings. The average Bonchev–Trinajstić information content (AvgIpc) is 3.32. The summed E-state index contributed by atoms with van der Waals surface area (Å²) in [7, 11) is 0. The molecule has 0 aliphatic carbocycles. The highest BCUT2D eigenvalue weighted by molar-refractivity contribution is 9.10. The summed E-state index contributed by atoms with van der Waals surface area (Å²) in [6.45, 7) is 2.40. The molecule has 38 heavy (non-hydrogen) atoms. The van der Waals surface area contributed by atoms with E-state index in [9.17, 15) is 9.59 Å². The number of carbonyl (C=O) groups excluding carboxylic acids is 2. The fraction of sp³-hybridized carbons (Fsp3) is 0.0625. The summed E-state index contributed by atoms with van der Waals surface area (Å²) >= 11 is 3.37. The molecular formula is C32H23BrO5. The number of ketones is 1. The maximum absolute atomic E-state index is 13.5.